The molecule has 1 saturated heterocycles. The fourth-order valence-electron chi connectivity index (χ4n) is 2.69. The molecule has 1 fully saturated rings. The number of hydrazone groups is 1. The topological polar surface area (TPSA) is 74.2 Å². The zero-order valence-electron chi connectivity index (χ0n) is 14.9. The van der Waals surface area contributed by atoms with Crippen LogP contribution in [0.4, 0.5) is 5.69 Å². The summed E-state index contributed by atoms with van der Waals surface area (Å²) in [5, 5.41) is 14.7. The second kappa shape index (κ2) is 9.59. The summed E-state index contributed by atoms with van der Waals surface area (Å²) in [4.78, 5) is 14.0. The van der Waals surface area contributed by atoms with Crippen molar-refractivity contribution < 1.29 is 14.6 Å². The van der Waals surface area contributed by atoms with Gasteiger partial charge in [0, 0.05) is 24.9 Å². The molecule has 28 heavy (non-hydrogen) atoms. The smallest absolute Gasteiger partial charge is 0.357 e. The van der Waals surface area contributed by atoms with Crippen LogP contribution in [-0.2, 0) is 9.53 Å². The molecule has 3 rings (SSSR count). The maximum absolute atomic E-state index is 12.0. The summed E-state index contributed by atoms with van der Waals surface area (Å²) in [5.74, 6) is -1.14. The van der Waals surface area contributed by atoms with E-state index < -0.39 is 5.97 Å². The molecule has 0 amide bonds. The van der Waals surface area contributed by atoms with Crippen molar-refractivity contribution in [2.45, 2.75) is 0 Å². The van der Waals surface area contributed by atoms with Crippen LogP contribution in [0, 0.1) is 0 Å². The second-order valence-corrected chi connectivity index (χ2v) is 6.88. The highest BCUT2D eigenvalue weighted by atomic mass is 35.5. The lowest BCUT2D eigenvalue weighted by molar-refractivity contribution is -0.129. The summed E-state index contributed by atoms with van der Waals surface area (Å²) in [6.45, 7) is 2.56. The van der Waals surface area contributed by atoms with Crippen LogP contribution >= 0.6 is 23.2 Å². The number of halogens is 2. The number of morpholine rings is 1. The lowest BCUT2D eigenvalue weighted by Crippen LogP contribution is -2.33. The first-order valence-electron chi connectivity index (χ1n) is 8.66. The number of ether oxygens (including phenoxy) is 1. The summed E-state index contributed by atoms with van der Waals surface area (Å²) in [6, 6.07) is 14.2. The molecule has 0 radical (unpaired) electrons. The number of benzene rings is 2. The minimum absolute atomic E-state index is 0.108. The summed E-state index contributed by atoms with van der Waals surface area (Å²) >= 11 is 11.9. The molecule has 0 saturated carbocycles. The number of aliphatic carboxylic acids is 1. The van der Waals surface area contributed by atoms with Gasteiger partial charge >= 0.3 is 5.97 Å². The van der Waals surface area contributed by atoms with E-state index in [0.29, 0.717) is 47.6 Å². The summed E-state index contributed by atoms with van der Waals surface area (Å²) in [7, 11) is 0. The van der Waals surface area contributed by atoms with Crippen LogP contribution < -0.4 is 5.43 Å². The summed E-state index contributed by atoms with van der Waals surface area (Å²) < 4.78 is 5.37. The van der Waals surface area contributed by atoms with Gasteiger partial charge in [-0.15, -0.1) is 0 Å². The number of hydrogen-bond donors (Lipinski definition) is 2. The highest BCUT2D eigenvalue weighted by Gasteiger charge is 2.20. The van der Waals surface area contributed by atoms with Crippen LogP contribution in [0.5, 0.6) is 0 Å². The third kappa shape index (κ3) is 5.25. The fraction of sp³-hybridized carbons (Fsp3) is 0.200. The van der Waals surface area contributed by atoms with Gasteiger partial charge in [-0.25, -0.2) is 4.79 Å². The molecule has 0 aromatic heterocycles. The molecule has 1 aliphatic rings. The van der Waals surface area contributed by atoms with Gasteiger partial charge < -0.3 is 14.7 Å². The first kappa shape index (κ1) is 20.2. The van der Waals surface area contributed by atoms with Crippen molar-refractivity contribution in [3.63, 3.8) is 0 Å². The van der Waals surface area contributed by atoms with Crippen LogP contribution in [0.3, 0.4) is 0 Å². The molecule has 0 unspecified atom stereocenters. The average molecular weight is 420 g/mol. The van der Waals surface area contributed by atoms with Crippen LogP contribution in [0.15, 0.2) is 59.8 Å². The van der Waals surface area contributed by atoms with Gasteiger partial charge in [-0.05, 0) is 23.8 Å². The summed E-state index contributed by atoms with van der Waals surface area (Å²) in [5.41, 5.74) is 4.45. The number of carbonyl (C=O) groups is 1. The number of rotatable bonds is 6. The predicted octanol–water partition coefficient (Wildman–Crippen LogP) is 4.22. The number of carboxylic acids is 1. The Hall–Kier alpha value is -2.54. The van der Waals surface area contributed by atoms with E-state index >= 15 is 0 Å². The highest BCUT2D eigenvalue weighted by molar-refractivity contribution is 6.53. The van der Waals surface area contributed by atoms with Crippen LogP contribution in [0.2, 0.25) is 10.0 Å². The molecule has 1 heterocycles. The van der Waals surface area contributed by atoms with Gasteiger partial charge in [-0.1, -0.05) is 53.5 Å². The molecule has 6 nitrogen and oxygen atoms in total. The normalized spacial score (nSPS) is 15.4. The summed E-state index contributed by atoms with van der Waals surface area (Å²) in [6.07, 6.45) is 1.82. The van der Waals surface area contributed by atoms with Crippen molar-refractivity contribution in [2.75, 3.05) is 31.7 Å². The molecule has 0 spiro atoms. The van der Waals surface area contributed by atoms with Gasteiger partial charge in [-0.3, -0.25) is 5.43 Å². The van der Waals surface area contributed by atoms with Gasteiger partial charge in [0.2, 0.25) is 0 Å². The predicted molar refractivity (Wildman–Crippen MR) is 112 cm³/mol. The maximum atomic E-state index is 12.0. The molecule has 2 N–H and O–H groups in total. The molecule has 0 aliphatic carbocycles. The number of carboxylic acid groups (broad SMARTS) is 1. The molecule has 0 bridgehead atoms. The quantitative estimate of drug-likeness (QED) is 0.541. The molecule has 2 aromatic carbocycles. The van der Waals surface area contributed by atoms with E-state index in [-0.39, 0.29) is 5.71 Å². The first-order valence-corrected chi connectivity index (χ1v) is 9.41. The number of anilines is 1. The monoisotopic (exact) mass is 419 g/mol. The van der Waals surface area contributed by atoms with E-state index in [4.69, 9.17) is 27.9 Å². The standard InChI is InChI=1S/C20H19Cl2N3O3/c21-17-7-6-15(12-18(17)22)23-24-19(20(26)27)16(14-4-2-1-3-5-14)13-25-8-10-28-11-9-25/h1-7,12-13,23H,8-11H2,(H,26,27)/b16-13+,24-19-. The molecular weight excluding hydrogens is 401 g/mol. The molecule has 1 aliphatic heterocycles. The Morgan fingerprint density at radius 3 is 2.46 bits per heavy atom. The van der Waals surface area contributed by atoms with E-state index in [2.05, 4.69) is 10.5 Å². The Morgan fingerprint density at radius 1 is 1.11 bits per heavy atom. The minimum Gasteiger partial charge on any atom is -0.476 e. The molecule has 146 valence electrons. The zero-order valence-corrected chi connectivity index (χ0v) is 16.5. The van der Waals surface area contributed by atoms with Crippen molar-refractivity contribution in [3.05, 3.63) is 70.3 Å². The molecule has 2 aromatic rings. The highest BCUT2D eigenvalue weighted by Crippen LogP contribution is 2.25. The fourth-order valence-corrected chi connectivity index (χ4v) is 2.99. The van der Waals surface area contributed by atoms with Gasteiger partial charge in [-0.2, -0.15) is 5.10 Å². The van der Waals surface area contributed by atoms with Crippen molar-refractivity contribution in [1.29, 1.82) is 0 Å². The maximum Gasteiger partial charge on any atom is 0.357 e. The Kier molecular flexibility index (Phi) is 6.92. The Labute approximate surface area is 173 Å². The number of hydrogen-bond acceptors (Lipinski definition) is 5. The van der Waals surface area contributed by atoms with Gasteiger partial charge in [0.25, 0.3) is 0 Å². The Bertz CT molecular complexity index is 895. The van der Waals surface area contributed by atoms with Crippen molar-refractivity contribution in [2.24, 2.45) is 5.10 Å². The Balaban J connectivity index is 1.96. The van der Waals surface area contributed by atoms with E-state index in [9.17, 15) is 9.90 Å². The van der Waals surface area contributed by atoms with Gasteiger partial charge in [0.1, 0.15) is 0 Å². The largest absolute Gasteiger partial charge is 0.476 e. The van der Waals surface area contributed by atoms with Crippen molar-refractivity contribution >= 4 is 46.1 Å². The van der Waals surface area contributed by atoms with Crippen LogP contribution in [0.1, 0.15) is 5.56 Å². The minimum atomic E-state index is -1.14. The third-order valence-corrected chi connectivity index (χ3v) is 4.86. The van der Waals surface area contributed by atoms with E-state index in [0.717, 1.165) is 5.56 Å². The number of nitrogens with one attached hydrogen (secondary N) is 1. The molecule has 8 heteroatoms. The lowest BCUT2D eigenvalue weighted by Gasteiger charge is -2.26. The van der Waals surface area contributed by atoms with Gasteiger partial charge in [0.15, 0.2) is 5.71 Å². The molecule has 0 atom stereocenters. The average Bonchev–Trinajstić information content (AvgIpc) is 2.71. The van der Waals surface area contributed by atoms with E-state index in [1.165, 1.54) is 0 Å². The number of nitrogens with zero attached hydrogens (tertiary/aromatic N) is 2. The first-order chi connectivity index (χ1) is 13.5. The Morgan fingerprint density at radius 2 is 1.82 bits per heavy atom. The van der Waals surface area contributed by atoms with Crippen molar-refractivity contribution in [1.82, 2.24) is 4.90 Å². The van der Waals surface area contributed by atoms with E-state index in [1.807, 2.05) is 41.4 Å². The van der Waals surface area contributed by atoms with Gasteiger partial charge in [0.05, 0.1) is 28.9 Å². The van der Waals surface area contributed by atoms with Crippen LogP contribution in [0.25, 0.3) is 5.57 Å². The van der Waals surface area contributed by atoms with Crippen LogP contribution in [-0.4, -0.2) is 48.0 Å². The van der Waals surface area contributed by atoms with Crippen molar-refractivity contribution in [3.8, 4) is 0 Å². The van der Waals surface area contributed by atoms with E-state index in [1.54, 1.807) is 18.2 Å². The lowest BCUT2D eigenvalue weighted by atomic mass is 10.0. The third-order valence-electron chi connectivity index (χ3n) is 4.12. The second-order valence-electron chi connectivity index (χ2n) is 6.06. The SMILES string of the molecule is O=C(O)C(=N\Nc1ccc(Cl)c(Cl)c1)/C(=C/N1CCOCC1)c1ccccc1. The molecular formula is C20H19Cl2N3O3. The zero-order chi connectivity index (χ0) is 19.9.